The average molecular weight is 485 g/mol. The second kappa shape index (κ2) is 11.3. The zero-order valence-corrected chi connectivity index (χ0v) is 20.3. The zero-order chi connectivity index (χ0) is 25.5. The fraction of sp³-hybridized carbons (Fsp3) is 0.375. The normalized spacial score (nSPS) is 10.8. The van der Waals surface area contributed by atoms with Crippen LogP contribution >= 0.6 is 0 Å². The van der Waals surface area contributed by atoms with Crippen LogP contribution in [0.4, 0.5) is 5.69 Å². The van der Waals surface area contributed by atoms with Gasteiger partial charge in [-0.1, -0.05) is 25.1 Å². The van der Waals surface area contributed by atoms with E-state index in [1.54, 1.807) is 23.1 Å². The molecular formula is C24H28N4O7. The highest BCUT2D eigenvalue weighted by molar-refractivity contribution is 5.94. The number of ether oxygens (including phenoxy) is 3. The highest BCUT2D eigenvalue weighted by Crippen LogP contribution is 2.40. The van der Waals surface area contributed by atoms with Gasteiger partial charge in [0, 0.05) is 42.8 Å². The minimum atomic E-state index is -0.521. The molecule has 11 nitrogen and oxygen atoms in total. The lowest BCUT2D eigenvalue weighted by molar-refractivity contribution is -0.384. The maximum absolute atomic E-state index is 13.1. The number of aromatic nitrogens is 2. The molecule has 0 saturated heterocycles. The molecule has 0 saturated carbocycles. The fourth-order valence-electron chi connectivity index (χ4n) is 3.57. The summed E-state index contributed by atoms with van der Waals surface area (Å²) in [5.41, 5.74) is 0.733. The summed E-state index contributed by atoms with van der Waals surface area (Å²) in [4.78, 5) is 29.8. The predicted octanol–water partition coefficient (Wildman–Crippen LogP) is 4.01. The van der Waals surface area contributed by atoms with Gasteiger partial charge in [0.15, 0.2) is 11.5 Å². The first-order chi connectivity index (χ1) is 16.8. The molecule has 2 aromatic carbocycles. The van der Waals surface area contributed by atoms with E-state index >= 15 is 0 Å². The Bertz CT molecular complexity index is 1170. The van der Waals surface area contributed by atoms with Crippen LogP contribution in [-0.2, 0) is 6.42 Å². The van der Waals surface area contributed by atoms with Crippen LogP contribution in [0.2, 0.25) is 0 Å². The van der Waals surface area contributed by atoms with Crippen molar-refractivity contribution in [1.82, 2.24) is 15.0 Å². The standard InChI is InChI=1S/C24H28N4O7/c1-15(2)14-27(24(29)16-7-6-8-18(11-16)28(30)31)10-9-21-25-23(26-35-21)17-12-19(32-3)22(34-5)20(13-17)33-4/h6-8,11-13,15H,9-10,14H2,1-5H3. The number of rotatable bonds is 11. The molecule has 0 spiro atoms. The number of carbonyl (C=O) groups is 1. The lowest BCUT2D eigenvalue weighted by Gasteiger charge is -2.24. The monoisotopic (exact) mass is 484 g/mol. The number of nitro benzene ring substituents is 1. The molecule has 0 N–H and O–H groups in total. The molecule has 0 unspecified atom stereocenters. The number of amides is 1. The van der Waals surface area contributed by atoms with Crippen LogP contribution in [0.25, 0.3) is 11.4 Å². The Balaban J connectivity index is 1.79. The van der Waals surface area contributed by atoms with Gasteiger partial charge in [-0.25, -0.2) is 0 Å². The van der Waals surface area contributed by atoms with E-state index in [-0.39, 0.29) is 23.1 Å². The average Bonchev–Trinajstić information content (AvgIpc) is 3.34. The first-order valence-electron chi connectivity index (χ1n) is 10.9. The molecule has 0 bridgehead atoms. The third kappa shape index (κ3) is 6.05. The molecule has 11 heteroatoms. The van der Waals surface area contributed by atoms with E-state index < -0.39 is 4.92 Å². The van der Waals surface area contributed by atoms with Crippen molar-refractivity contribution in [2.75, 3.05) is 34.4 Å². The summed E-state index contributed by atoms with van der Waals surface area (Å²) in [7, 11) is 4.55. The first kappa shape index (κ1) is 25.5. The number of nitrogens with zero attached hydrogens (tertiary/aromatic N) is 4. The summed E-state index contributed by atoms with van der Waals surface area (Å²) in [6, 6.07) is 9.13. The zero-order valence-electron chi connectivity index (χ0n) is 20.3. The molecule has 0 aliphatic heterocycles. The summed E-state index contributed by atoms with van der Waals surface area (Å²) in [6.45, 7) is 4.75. The van der Waals surface area contributed by atoms with Gasteiger partial charge in [0.05, 0.1) is 26.3 Å². The molecule has 0 fully saturated rings. The summed E-state index contributed by atoms with van der Waals surface area (Å²) >= 11 is 0. The Morgan fingerprint density at radius 1 is 1.11 bits per heavy atom. The summed E-state index contributed by atoms with van der Waals surface area (Å²) < 4.78 is 21.5. The maximum Gasteiger partial charge on any atom is 0.270 e. The first-order valence-corrected chi connectivity index (χ1v) is 10.9. The van der Waals surface area contributed by atoms with Gasteiger partial charge in [0.1, 0.15) is 0 Å². The number of nitro groups is 1. The molecule has 3 aromatic rings. The molecular weight excluding hydrogens is 456 g/mol. The van der Waals surface area contributed by atoms with Gasteiger partial charge in [-0.15, -0.1) is 0 Å². The Hall–Kier alpha value is -4.15. The summed E-state index contributed by atoms with van der Waals surface area (Å²) in [5.74, 6) is 1.93. The van der Waals surface area contributed by atoms with Gasteiger partial charge in [-0.3, -0.25) is 14.9 Å². The Labute approximate surface area is 202 Å². The lowest BCUT2D eigenvalue weighted by atomic mass is 10.1. The van der Waals surface area contributed by atoms with Crippen molar-refractivity contribution in [3.63, 3.8) is 0 Å². The third-order valence-electron chi connectivity index (χ3n) is 5.16. The molecule has 0 aliphatic rings. The van der Waals surface area contributed by atoms with E-state index in [1.807, 2.05) is 13.8 Å². The minimum Gasteiger partial charge on any atom is -0.493 e. The number of benzene rings is 2. The van der Waals surface area contributed by atoms with Gasteiger partial charge in [-0.2, -0.15) is 4.98 Å². The van der Waals surface area contributed by atoms with Crippen molar-refractivity contribution < 1.29 is 28.5 Å². The molecule has 1 heterocycles. The SMILES string of the molecule is COc1cc(-c2noc(CCN(CC(C)C)C(=O)c3cccc([N+](=O)[O-])c3)n2)cc(OC)c1OC. The van der Waals surface area contributed by atoms with Crippen molar-refractivity contribution in [1.29, 1.82) is 0 Å². The molecule has 3 rings (SSSR count). The molecule has 0 radical (unpaired) electrons. The van der Waals surface area contributed by atoms with E-state index in [0.717, 1.165) is 0 Å². The Morgan fingerprint density at radius 2 is 1.80 bits per heavy atom. The third-order valence-corrected chi connectivity index (χ3v) is 5.16. The van der Waals surface area contributed by atoms with Gasteiger partial charge in [0.2, 0.25) is 17.5 Å². The van der Waals surface area contributed by atoms with E-state index in [1.165, 1.54) is 39.5 Å². The van der Waals surface area contributed by atoms with Crippen molar-refractivity contribution in [2.24, 2.45) is 5.92 Å². The van der Waals surface area contributed by atoms with Crippen molar-refractivity contribution >= 4 is 11.6 Å². The summed E-state index contributed by atoms with van der Waals surface area (Å²) in [6.07, 6.45) is 0.310. The number of carbonyl (C=O) groups excluding carboxylic acids is 1. The fourth-order valence-corrected chi connectivity index (χ4v) is 3.57. The number of methoxy groups -OCH3 is 3. The largest absolute Gasteiger partial charge is 0.493 e. The molecule has 0 atom stereocenters. The number of hydrogen-bond acceptors (Lipinski definition) is 9. The molecule has 0 aliphatic carbocycles. The van der Waals surface area contributed by atoms with E-state index in [9.17, 15) is 14.9 Å². The topological polar surface area (TPSA) is 130 Å². The highest BCUT2D eigenvalue weighted by atomic mass is 16.6. The van der Waals surface area contributed by atoms with Gasteiger partial charge < -0.3 is 23.6 Å². The maximum atomic E-state index is 13.1. The van der Waals surface area contributed by atoms with E-state index in [2.05, 4.69) is 10.1 Å². The quantitative estimate of drug-likeness (QED) is 0.293. The lowest BCUT2D eigenvalue weighted by Crippen LogP contribution is -2.36. The van der Waals surface area contributed by atoms with Crippen LogP contribution in [0.3, 0.4) is 0 Å². The predicted molar refractivity (Wildman–Crippen MR) is 127 cm³/mol. The molecule has 35 heavy (non-hydrogen) atoms. The van der Waals surface area contributed by atoms with E-state index in [4.69, 9.17) is 18.7 Å². The second-order valence-electron chi connectivity index (χ2n) is 8.13. The van der Waals surface area contributed by atoms with Crippen LogP contribution in [-0.4, -0.2) is 60.3 Å². The van der Waals surface area contributed by atoms with E-state index in [0.29, 0.717) is 54.0 Å². The summed E-state index contributed by atoms with van der Waals surface area (Å²) in [5, 5.41) is 15.1. The van der Waals surface area contributed by atoms with Crippen molar-refractivity contribution in [3.8, 4) is 28.6 Å². The Kier molecular flexibility index (Phi) is 8.24. The van der Waals surface area contributed by atoms with Gasteiger partial charge in [-0.05, 0) is 24.1 Å². The van der Waals surface area contributed by atoms with Crippen LogP contribution in [0.1, 0.15) is 30.1 Å². The van der Waals surface area contributed by atoms with Crippen molar-refractivity contribution in [2.45, 2.75) is 20.3 Å². The van der Waals surface area contributed by atoms with Crippen LogP contribution < -0.4 is 14.2 Å². The van der Waals surface area contributed by atoms with Gasteiger partial charge >= 0.3 is 0 Å². The number of hydrogen-bond donors (Lipinski definition) is 0. The van der Waals surface area contributed by atoms with Crippen LogP contribution in [0.15, 0.2) is 40.9 Å². The van der Waals surface area contributed by atoms with Gasteiger partial charge in [0.25, 0.3) is 11.6 Å². The smallest absolute Gasteiger partial charge is 0.270 e. The molecule has 1 amide bonds. The minimum absolute atomic E-state index is 0.132. The molecule has 186 valence electrons. The number of non-ortho nitro benzene ring substituents is 1. The molecule has 1 aromatic heterocycles. The van der Waals surface area contributed by atoms with Crippen LogP contribution in [0.5, 0.6) is 17.2 Å². The second-order valence-corrected chi connectivity index (χ2v) is 8.13. The Morgan fingerprint density at radius 3 is 2.37 bits per heavy atom. The highest BCUT2D eigenvalue weighted by Gasteiger charge is 2.21. The van der Waals surface area contributed by atoms with Crippen molar-refractivity contribution in [3.05, 3.63) is 58.0 Å². The van der Waals surface area contributed by atoms with Crippen LogP contribution in [0, 0.1) is 16.0 Å².